The minimum Gasteiger partial charge on any atom is -0.314 e. The summed E-state index contributed by atoms with van der Waals surface area (Å²) in [5.41, 5.74) is 0. The Kier molecular flexibility index (Phi) is 7.19. The largest absolute Gasteiger partial charge is 0.314 e. The van der Waals surface area contributed by atoms with E-state index in [9.17, 15) is 8.42 Å². The molecule has 0 aromatic rings. The molecule has 0 bridgehead atoms. The van der Waals surface area contributed by atoms with Crippen molar-refractivity contribution in [2.75, 3.05) is 37.7 Å². The van der Waals surface area contributed by atoms with Gasteiger partial charge in [0, 0.05) is 11.8 Å². The lowest BCUT2D eigenvalue weighted by molar-refractivity contribution is 0.198. The number of piperidine rings is 1. The van der Waals surface area contributed by atoms with Crippen molar-refractivity contribution in [3.05, 3.63) is 0 Å². The smallest absolute Gasteiger partial charge is 0.150 e. The van der Waals surface area contributed by atoms with Gasteiger partial charge in [0.25, 0.3) is 0 Å². The van der Waals surface area contributed by atoms with E-state index in [1.165, 1.54) is 38.9 Å². The van der Waals surface area contributed by atoms with Gasteiger partial charge in [-0.05, 0) is 51.9 Å². The minimum absolute atomic E-state index is 0.266. The number of hydrogen-bond acceptors (Lipinski definition) is 4. The van der Waals surface area contributed by atoms with Crippen LogP contribution in [0.5, 0.6) is 0 Å². The molecule has 1 rings (SSSR count). The number of rotatable bonds is 8. The first-order chi connectivity index (χ1) is 8.57. The van der Waals surface area contributed by atoms with E-state index in [0.717, 1.165) is 13.0 Å². The van der Waals surface area contributed by atoms with E-state index in [2.05, 4.69) is 17.1 Å². The molecule has 0 spiro atoms. The quantitative estimate of drug-likeness (QED) is 0.678. The second kappa shape index (κ2) is 8.12. The molecule has 0 amide bonds. The fraction of sp³-hybridized carbons (Fsp3) is 1.00. The van der Waals surface area contributed by atoms with E-state index in [4.69, 9.17) is 0 Å². The molecule has 0 atom stereocenters. The van der Waals surface area contributed by atoms with Crippen LogP contribution in [0.2, 0.25) is 0 Å². The summed E-state index contributed by atoms with van der Waals surface area (Å²) < 4.78 is 22.7. The lowest BCUT2D eigenvalue weighted by Crippen LogP contribution is -2.43. The molecule has 0 unspecified atom stereocenters. The Morgan fingerprint density at radius 1 is 1.22 bits per heavy atom. The van der Waals surface area contributed by atoms with Gasteiger partial charge in [0.05, 0.1) is 5.75 Å². The highest BCUT2D eigenvalue weighted by Gasteiger charge is 2.17. The molecule has 5 heteroatoms. The van der Waals surface area contributed by atoms with Crippen LogP contribution in [0.1, 0.15) is 39.5 Å². The minimum atomic E-state index is -2.79. The Labute approximate surface area is 112 Å². The Bertz CT molecular complexity index is 309. The van der Waals surface area contributed by atoms with Crippen molar-refractivity contribution >= 4 is 9.84 Å². The summed E-state index contributed by atoms with van der Waals surface area (Å²) in [5.74, 6) is 0.591. The van der Waals surface area contributed by atoms with E-state index >= 15 is 0 Å². The average Bonchev–Trinajstić information content (AvgIpc) is 2.37. The van der Waals surface area contributed by atoms with Gasteiger partial charge in [0.1, 0.15) is 9.84 Å². The lowest BCUT2D eigenvalue weighted by Gasteiger charge is -2.32. The summed E-state index contributed by atoms with van der Waals surface area (Å²) in [6.45, 7) is 8.33. The van der Waals surface area contributed by atoms with Gasteiger partial charge in [-0.15, -0.1) is 0 Å². The molecule has 1 saturated heterocycles. The number of nitrogens with one attached hydrogen (secondary N) is 1. The molecule has 1 N–H and O–H groups in total. The van der Waals surface area contributed by atoms with Crippen LogP contribution in [-0.4, -0.2) is 57.0 Å². The second-order valence-corrected chi connectivity index (χ2v) is 7.63. The molecule has 4 nitrogen and oxygen atoms in total. The third kappa shape index (κ3) is 6.16. The molecular weight excluding hydrogens is 248 g/mol. The molecule has 0 radical (unpaired) electrons. The number of nitrogens with zero attached hydrogens (tertiary/aromatic N) is 1. The van der Waals surface area contributed by atoms with Crippen molar-refractivity contribution in [2.45, 2.75) is 45.6 Å². The summed E-state index contributed by atoms with van der Waals surface area (Å²) in [5, 5.41) is 3.49. The van der Waals surface area contributed by atoms with Gasteiger partial charge < -0.3 is 10.2 Å². The Morgan fingerprint density at radius 2 is 1.89 bits per heavy atom. The standard InChI is InChI=1S/C13H28N2O2S/c1-3-9-15-10-6-13(7-11-15)14-8-5-12-18(16,17)4-2/h13-14H,3-12H2,1-2H3. The van der Waals surface area contributed by atoms with E-state index in [0.29, 0.717) is 11.8 Å². The molecule has 1 fully saturated rings. The average molecular weight is 276 g/mol. The van der Waals surface area contributed by atoms with Crippen LogP contribution in [0.15, 0.2) is 0 Å². The van der Waals surface area contributed by atoms with Crippen LogP contribution >= 0.6 is 0 Å². The van der Waals surface area contributed by atoms with Crippen molar-refractivity contribution in [1.29, 1.82) is 0 Å². The fourth-order valence-corrected chi connectivity index (χ4v) is 3.29. The van der Waals surface area contributed by atoms with Crippen molar-refractivity contribution < 1.29 is 8.42 Å². The first-order valence-electron chi connectivity index (χ1n) is 7.23. The predicted molar refractivity (Wildman–Crippen MR) is 76.7 cm³/mol. The normalized spacial score (nSPS) is 19.2. The maximum Gasteiger partial charge on any atom is 0.150 e. The Hall–Kier alpha value is -0.130. The van der Waals surface area contributed by atoms with Crippen LogP contribution < -0.4 is 5.32 Å². The van der Waals surface area contributed by atoms with E-state index in [1.54, 1.807) is 6.92 Å². The van der Waals surface area contributed by atoms with Gasteiger partial charge in [0.2, 0.25) is 0 Å². The number of sulfone groups is 1. The third-order valence-electron chi connectivity index (χ3n) is 3.63. The van der Waals surface area contributed by atoms with Gasteiger partial charge in [0.15, 0.2) is 0 Å². The zero-order valence-electron chi connectivity index (χ0n) is 11.8. The molecule has 1 aliphatic rings. The summed E-state index contributed by atoms with van der Waals surface area (Å²) in [4.78, 5) is 2.51. The maximum atomic E-state index is 11.3. The number of likely N-dealkylation sites (tertiary alicyclic amines) is 1. The molecule has 0 saturated carbocycles. The monoisotopic (exact) mass is 276 g/mol. The van der Waals surface area contributed by atoms with Crippen LogP contribution in [0.25, 0.3) is 0 Å². The zero-order valence-corrected chi connectivity index (χ0v) is 12.6. The summed E-state index contributed by atoms with van der Waals surface area (Å²) >= 11 is 0. The first kappa shape index (κ1) is 15.9. The lowest BCUT2D eigenvalue weighted by atomic mass is 10.0. The highest BCUT2D eigenvalue weighted by atomic mass is 32.2. The number of hydrogen-bond donors (Lipinski definition) is 1. The topological polar surface area (TPSA) is 49.4 Å². The highest BCUT2D eigenvalue weighted by Crippen LogP contribution is 2.10. The molecule has 0 aliphatic carbocycles. The SMILES string of the molecule is CCCN1CCC(NCCCS(=O)(=O)CC)CC1. The Morgan fingerprint density at radius 3 is 2.44 bits per heavy atom. The highest BCUT2D eigenvalue weighted by molar-refractivity contribution is 7.91. The van der Waals surface area contributed by atoms with Crippen molar-refractivity contribution in [3.63, 3.8) is 0 Å². The fourth-order valence-electron chi connectivity index (χ4n) is 2.42. The first-order valence-corrected chi connectivity index (χ1v) is 9.05. The Balaban J connectivity index is 2.08. The molecule has 0 aromatic carbocycles. The van der Waals surface area contributed by atoms with Crippen molar-refractivity contribution in [3.8, 4) is 0 Å². The van der Waals surface area contributed by atoms with Gasteiger partial charge in [-0.1, -0.05) is 13.8 Å². The summed E-state index contributed by atoms with van der Waals surface area (Å²) in [7, 11) is -2.79. The predicted octanol–water partition coefficient (Wildman–Crippen LogP) is 1.28. The molecule has 1 aliphatic heterocycles. The molecular formula is C13H28N2O2S. The van der Waals surface area contributed by atoms with E-state index in [-0.39, 0.29) is 5.75 Å². The van der Waals surface area contributed by atoms with Gasteiger partial charge in [-0.2, -0.15) is 0 Å². The van der Waals surface area contributed by atoms with E-state index < -0.39 is 9.84 Å². The summed E-state index contributed by atoms with van der Waals surface area (Å²) in [6.07, 6.45) is 4.36. The third-order valence-corrected chi connectivity index (χ3v) is 5.42. The molecule has 0 aromatic heterocycles. The molecule has 1 heterocycles. The van der Waals surface area contributed by atoms with Crippen LogP contribution in [0, 0.1) is 0 Å². The summed E-state index contributed by atoms with van der Waals surface area (Å²) in [6, 6.07) is 0.586. The molecule has 108 valence electrons. The van der Waals surface area contributed by atoms with Crippen LogP contribution in [0.4, 0.5) is 0 Å². The van der Waals surface area contributed by atoms with Gasteiger partial charge >= 0.3 is 0 Å². The van der Waals surface area contributed by atoms with E-state index in [1.807, 2.05) is 0 Å². The zero-order chi connectivity index (χ0) is 13.4. The van der Waals surface area contributed by atoms with Crippen molar-refractivity contribution in [2.24, 2.45) is 0 Å². The van der Waals surface area contributed by atoms with Crippen LogP contribution in [0.3, 0.4) is 0 Å². The molecule has 18 heavy (non-hydrogen) atoms. The second-order valence-electron chi connectivity index (χ2n) is 5.16. The van der Waals surface area contributed by atoms with Gasteiger partial charge in [-0.3, -0.25) is 0 Å². The van der Waals surface area contributed by atoms with Crippen LogP contribution in [-0.2, 0) is 9.84 Å². The van der Waals surface area contributed by atoms with Gasteiger partial charge in [-0.25, -0.2) is 8.42 Å². The van der Waals surface area contributed by atoms with Crippen molar-refractivity contribution in [1.82, 2.24) is 10.2 Å². The maximum absolute atomic E-state index is 11.3.